The number of aromatic nitrogens is 1. The Morgan fingerprint density at radius 2 is 2.18 bits per heavy atom. The van der Waals surface area contributed by atoms with Crippen molar-refractivity contribution in [1.29, 1.82) is 0 Å². The highest BCUT2D eigenvalue weighted by Crippen LogP contribution is 2.15. The smallest absolute Gasteiger partial charge is 0.307 e. The Balaban J connectivity index is 2.56. The molecule has 0 saturated heterocycles. The highest BCUT2D eigenvalue weighted by molar-refractivity contribution is 5.70. The molecule has 5 nitrogen and oxygen atoms in total. The first-order valence-electron chi connectivity index (χ1n) is 5.67. The van der Waals surface area contributed by atoms with E-state index in [1.165, 1.54) is 0 Å². The topological polar surface area (TPSA) is 74.4 Å². The molecule has 17 heavy (non-hydrogen) atoms. The Morgan fingerprint density at radius 3 is 2.71 bits per heavy atom. The van der Waals surface area contributed by atoms with Gasteiger partial charge in [-0.25, -0.2) is 0 Å². The predicted octanol–water partition coefficient (Wildman–Crippen LogP) is 1.43. The molecule has 0 spiro atoms. The van der Waals surface area contributed by atoms with Gasteiger partial charge in [-0.15, -0.1) is 0 Å². The van der Waals surface area contributed by atoms with Crippen LogP contribution in [0.1, 0.15) is 32.0 Å². The van der Waals surface area contributed by atoms with E-state index in [4.69, 9.17) is 15.2 Å². The van der Waals surface area contributed by atoms with E-state index in [0.717, 1.165) is 0 Å². The van der Waals surface area contributed by atoms with Crippen LogP contribution in [0.3, 0.4) is 0 Å². The van der Waals surface area contributed by atoms with Crippen LogP contribution in [0.2, 0.25) is 0 Å². The number of esters is 1. The lowest BCUT2D eigenvalue weighted by molar-refractivity contribution is -0.143. The zero-order valence-electron chi connectivity index (χ0n) is 10.2. The molecule has 0 aliphatic heterocycles. The summed E-state index contributed by atoms with van der Waals surface area (Å²) in [5, 5.41) is 0. The van der Waals surface area contributed by atoms with Gasteiger partial charge in [0.05, 0.1) is 37.6 Å². The molecule has 1 rings (SSSR count). The van der Waals surface area contributed by atoms with Crippen LogP contribution in [0.25, 0.3) is 0 Å². The first kappa shape index (κ1) is 13.4. The zero-order valence-corrected chi connectivity index (χ0v) is 10.2. The second-order valence-corrected chi connectivity index (χ2v) is 3.47. The SMILES string of the molecule is CCOC(=O)C[C@@H](N)c1ccc(OCC)cn1. The number of carbonyl (C=O) groups is 1. The van der Waals surface area contributed by atoms with Gasteiger partial charge in [-0.1, -0.05) is 0 Å². The van der Waals surface area contributed by atoms with E-state index >= 15 is 0 Å². The van der Waals surface area contributed by atoms with Gasteiger partial charge >= 0.3 is 5.97 Å². The molecule has 5 heteroatoms. The molecule has 2 N–H and O–H groups in total. The van der Waals surface area contributed by atoms with Gasteiger partial charge in [-0.3, -0.25) is 9.78 Å². The molecular formula is C12H18N2O3. The van der Waals surface area contributed by atoms with E-state index in [9.17, 15) is 4.79 Å². The van der Waals surface area contributed by atoms with Crippen molar-refractivity contribution in [2.75, 3.05) is 13.2 Å². The molecular weight excluding hydrogens is 220 g/mol. The van der Waals surface area contributed by atoms with Crippen LogP contribution in [-0.2, 0) is 9.53 Å². The normalized spacial score (nSPS) is 11.9. The summed E-state index contributed by atoms with van der Waals surface area (Å²) in [5.41, 5.74) is 6.50. The number of hydrogen-bond acceptors (Lipinski definition) is 5. The molecule has 0 aliphatic rings. The van der Waals surface area contributed by atoms with Crippen molar-refractivity contribution in [1.82, 2.24) is 4.98 Å². The second-order valence-electron chi connectivity index (χ2n) is 3.47. The van der Waals surface area contributed by atoms with Gasteiger partial charge in [0.15, 0.2) is 0 Å². The Hall–Kier alpha value is -1.62. The molecule has 0 amide bonds. The van der Waals surface area contributed by atoms with Crippen molar-refractivity contribution in [2.24, 2.45) is 5.73 Å². The van der Waals surface area contributed by atoms with Gasteiger partial charge in [-0.05, 0) is 26.0 Å². The maximum Gasteiger partial charge on any atom is 0.307 e. The van der Waals surface area contributed by atoms with Gasteiger partial charge in [0.2, 0.25) is 0 Å². The lowest BCUT2D eigenvalue weighted by atomic mass is 10.1. The van der Waals surface area contributed by atoms with E-state index in [0.29, 0.717) is 24.7 Å². The zero-order chi connectivity index (χ0) is 12.7. The van der Waals surface area contributed by atoms with Crippen LogP contribution in [0, 0.1) is 0 Å². The molecule has 0 saturated carbocycles. The maximum absolute atomic E-state index is 11.2. The average molecular weight is 238 g/mol. The highest BCUT2D eigenvalue weighted by Gasteiger charge is 2.13. The monoisotopic (exact) mass is 238 g/mol. The summed E-state index contributed by atoms with van der Waals surface area (Å²) in [6.07, 6.45) is 1.73. The van der Waals surface area contributed by atoms with Crippen LogP contribution in [0.5, 0.6) is 5.75 Å². The summed E-state index contributed by atoms with van der Waals surface area (Å²) in [4.78, 5) is 15.4. The van der Waals surface area contributed by atoms with Gasteiger partial charge in [0.1, 0.15) is 5.75 Å². The van der Waals surface area contributed by atoms with Crippen LogP contribution in [0.4, 0.5) is 0 Å². The lowest BCUT2D eigenvalue weighted by Crippen LogP contribution is -2.18. The molecule has 0 fully saturated rings. The highest BCUT2D eigenvalue weighted by atomic mass is 16.5. The quantitative estimate of drug-likeness (QED) is 0.759. The summed E-state index contributed by atoms with van der Waals surface area (Å²) < 4.78 is 10.1. The number of carbonyl (C=O) groups excluding carboxylic acids is 1. The van der Waals surface area contributed by atoms with E-state index in [2.05, 4.69) is 4.98 Å². The largest absolute Gasteiger partial charge is 0.492 e. The maximum atomic E-state index is 11.2. The first-order chi connectivity index (χ1) is 8.17. The van der Waals surface area contributed by atoms with Crippen molar-refractivity contribution in [2.45, 2.75) is 26.3 Å². The third-order valence-electron chi connectivity index (χ3n) is 2.14. The van der Waals surface area contributed by atoms with Crippen LogP contribution >= 0.6 is 0 Å². The van der Waals surface area contributed by atoms with Crippen molar-refractivity contribution in [3.05, 3.63) is 24.0 Å². The van der Waals surface area contributed by atoms with Gasteiger partial charge < -0.3 is 15.2 Å². The Bertz CT molecular complexity index is 351. The predicted molar refractivity (Wildman–Crippen MR) is 63.6 cm³/mol. The Labute approximate surface area is 101 Å². The van der Waals surface area contributed by atoms with Gasteiger partial charge in [0.25, 0.3) is 0 Å². The Kier molecular flexibility index (Phi) is 5.42. The standard InChI is InChI=1S/C12H18N2O3/c1-3-16-9-5-6-11(14-8-9)10(13)7-12(15)17-4-2/h5-6,8,10H,3-4,7,13H2,1-2H3/t10-/m1/s1. The molecule has 0 aromatic carbocycles. The third kappa shape index (κ3) is 4.40. The summed E-state index contributed by atoms with van der Waals surface area (Å²) in [7, 11) is 0. The first-order valence-corrected chi connectivity index (χ1v) is 5.67. The molecule has 1 aromatic rings. The van der Waals surface area contributed by atoms with E-state index in [-0.39, 0.29) is 12.4 Å². The minimum atomic E-state index is -0.440. The lowest BCUT2D eigenvalue weighted by Gasteiger charge is -2.10. The molecule has 1 aromatic heterocycles. The number of pyridine rings is 1. The fraction of sp³-hybridized carbons (Fsp3) is 0.500. The van der Waals surface area contributed by atoms with Crippen LogP contribution < -0.4 is 10.5 Å². The summed E-state index contributed by atoms with van der Waals surface area (Å²) in [6, 6.07) is 3.11. The molecule has 1 heterocycles. The summed E-state index contributed by atoms with van der Waals surface area (Å²) >= 11 is 0. The van der Waals surface area contributed by atoms with Crippen molar-refractivity contribution in [3.8, 4) is 5.75 Å². The van der Waals surface area contributed by atoms with E-state index < -0.39 is 6.04 Å². The van der Waals surface area contributed by atoms with Crippen LogP contribution in [0.15, 0.2) is 18.3 Å². The molecule has 94 valence electrons. The van der Waals surface area contributed by atoms with Crippen LogP contribution in [-0.4, -0.2) is 24.2 Å². The fourth-order valence-corrected chi connectivity index (χ4v) is 1.37. The molecule has 0 unspecified atom stereocenters. The van der Waals surface area contributed by atoms with Crippen molar-refractivity contribution >= 4 is 5.97 Å². The second kappa shape index (κ2) is 6.85. The number of hydrogen-bond donors (Lipinski definition) is 1. The Morgan fingerprint density at radius 1 is 1.41 bits per heavy atom. The third-order valence-corrected chi connectivity index (χ3v) is 2.14. The van der Waals surface area contributed by atoms with Gasteiger partial charge in [-0.2, -0.15) is 0 Å². The number of nitrogens with zero attached hydrogens (tertiary/aromatic N) is 1. The number of rotatable bonds is 6. The van der Waals surface area contributed by atoms with Crippen molar-refractivity contribution in [3.63, 3.8) is 0 Å². The van der Waals surface area contributed by atoms with Gasteiger partial charge in [0, 0.05) is 0 Å². The molecule has 1 atom stereocenters. The molecule has 0 bridgehead atoms. The minimum Gasteiger partial charge on any atom is -0.492 e. The summed E-state index contributed by atoms with van der Waals surface area (Å²) in [5.74, 6) is 0.385. The van der Waals surface area contributed by atoms with E-state index in [1.54, 1.807) is 25.3 Å². The number of nitrogens with two attached hydrogens (primary N) is 1. The summed E-state index contributed by atoms with van der Waals surface area (Å²) in [6.45, 7) is 4.62. The number of ether oxygens (including phenoxy) is 2. The molecule has 0 radical (unpaired) electrons. The minimum absolute atomic E-state index is 0.134. The molecule has 0 aliphatic carbocycles. The fourth-order valence-electron chi connectivity index (χ4n) is 1.37. The average Bonchev–Trinajstić information content (AvgIpc) is 2.30. The van der Waals surface area contributed by atoms with Crippen molar-refractivity contribution < 1.29 is 14.3 Å². The van der Waals surface area contributed by atoms with E-state index in [1.807, 2.05) is 6.92 Å².